The van der Waals surface area contributed by atoms with Crippen molar-refractivity contribution in [3.05, 3.63) is 12.7 Å². The summed E-state index contributed by atoms with van der Waals surface area (Å²) in [4.78, 5) is 23.9. The fraction of sp³-hybridized carbons (Fsp3) is 0.571. The van der Waals surface area contributed by atoms with Crippen molar-refractivity contribution in [2.45, 2.75) is 33.2 Å². The molecule has 22 heavy (non-hydrogen) atoms. The molecule has 0 amide bonds. The number of imidazole rings is 1. The molecule has 2 aromatic rings. The van der Waals surface area contributed by atoms with Gasteiger partial charge in [-0.05, 0) is 20.8 Å². The van der Waals surface area contributed by atoms with E-state index < -0.39 is 5.41 Å². The number of nitrogens with zero attached hydrogens (tertiary/aromatic N) is 4. The average molecular weight is 307 g/mol. The third-order valence-corrected chi connectivity index (χ3v) is 3.29. The Morgan fingerprint density at radius 1 is 1.41 bits per heavy atom. The van der Waals surface area contributed by atoms with Crippen LogP contribution in [0.4, 0.5) is 5.82 Å². The minimum atomic E-state index is -0.544. The number of esters is 1. The number of hydrogen-bond donors (Lipinski definition) is 2. The zero-order valence-corrected chi connectivity index (χ0v) is 13.0. The average Bonchev–Trinajstić information content (AvgIpc) is 2.88. The van der Waals surface area contributed by atoms with Gasteiger partial charge in [0.15, 0.2) is 11.5 Å². The number of ether oxygens (including phenoxy) is 1. The van der Waals surface area contributed by atoms with Gasteiger partial charge in [-0.1, -0.05) is 0 Å². The van der Waals surface area contributed by atoms with Gasteiger partial charge in [0, 0.05) is 6.42 Å². The SMILES string of the molecule is CC(C)(C)C(=O)OCCC(CO)n1cnc2c(N)ncnc21. The minimum absolute atomic E-state index is 0.123. The smallest absolute Gasteiger partial charge is 0.311 e. The molecule has 8 nitrogen and oxygen atoms in total. The summed E-state index contributed by atoms with van der Waals surface area (Å²) in [5.74, 6) is 0.0193. The number of anilines is 1. The topological polar surface area (TPSA) is 116 Å². The summed E-state index contributed by atoms with van der Waals surface area (Å²) in [6.45, 7) is 5.47. The molecule has 0 aliphatic rings. The first-order chi connectivity index (χ1) is 10.3. The summed E-state index contributed by atoms with van der Waals surface area (Å²) < 4.78 is 6.95. The monoisotopic (exact) mass is 307 g/mol. The lowest BCUT2D eigenvalue weighted by Gasteiger charge is -2.19. The normalized spacial score (nSPS) is 13.3. The molecule has 120 valence electrons. The Labute approximate surface area is 128 Å². The van der Waals surface area contributed by atoms with Gasteiger partial charge >= 0.3 is 5.97 Å². The Morgan fingerprint density at radius 2 is 2.14 bits per heavy atom. The molecule has 1 atom stereocenters. The lowest BCUT2D eigenvalue weighted by atomic mass is 9.97. The fourth-order valence-corrected chi connectivity index (χ4v) is 1.96. The molecule has 2 rings (SSSR count). The van der Waals surface area contributed by atoms with E-state index in [2.05, 4.69) is 15.0 Å². The van der Waals surface area contributed by atoms with Gasteiger partial charge in [0.25, 0.3) is 0 Å². The number of aliphatic hydroxyl groups excluding tert-OH is 1. The van der Waals surface area contributed by atoms with Gasteiger partial charge in [-0.2, -0.15) is 0 Å². The zero-order valence-electron chi connectivity index (χ0n) is 13.0. The molecule has 1 unspecified atom stereocenters. The van der Waals surface area contributed by atoms with Gasteiger partial charge in [0.05, 0.1) is 31.0 Å². The molecule has 0 saturated heterocycles. The van der Waals surface area contributed by atoms with E-state index in [-0.39, 0.29) is 25.2 Å². The van der Waals surface area contributed by atoms with E-state index in [1.54, 1.807) is 31.7 Å². The number of carbonyl (C=O) groups is 1. The van der Waals surface area contributed by atoms with Crippen LogP contribution in [0.15, 0.2) is 12.7 Å². The van der Waals surface area contributed by atoms with Crippen LogP contribution in [0.1, 0.15) is 33.2 Å². The lowest BCUT2D eigenvalue weighted by molar-refractivity contribution is -0.153. The number of rotatable bonds is 5. The fourth-order valence-electron chi connectivity index (χ4n) is 1.96. The highest BCUT2D eigenvalue weighted by Gasteiger charge is 2.23. The van der Waals surface area contributed by atoms with E-state index in [1.165, 1.54) is 6.33 Å². The van der Waals surface area contributed by atoms with Crippen molar-refractivity contribution in [3.63, 3.8) is 0 Å². The van der Waals surface area contributed by atoms with Gasteiger partial charge in [-0.3, -0.25) is 4.79 Å². The van der Waals surface area contributed by atoms with E-state index >= 15 is 0 Å². The maximum Gasteiger partial charge on any atom is 0.311 e. The van der Waals surface area contributed by atoms with Crippen LogP contribution < -0.4 is 5.73 Å². The standard InChI is InChI=1S/C14H21N5O3/c1-14(2,3)13(21)22-5-4-9(6-20)19-8-18-10-11(15)16-7-17-12(10)19/h7-9,20H,4-6H2,1-3H3,(H2,15,16,17). The van der Waals surface area contributed by atoms with Crippen molar-refractivity contribution in [3.8, 4) is 0 Å². The molecule has 3 N–H and O–H groups in total. The van der Waals surface area contributed by atoms with Crippen LogP contribution in [-0.2, 0) is 9.53 Å². The molecule has 2 heterocycles. The second-order valence-electron chi connectivity index (χ2n) is 6.09. The Morgan fingerprint density at radius 3 is 2.77 bits per heavy atom. The predicted molar refractivity (Wildman–Crippen MR) is 80.9 cm³/mol. The predicted octanol–water partition coefficient (Wildman–Crippen LogP) is 0.921. The zero-order chi connectivity index (χ0) is 16.3. The van der Waals surface area contributed by atoms with Gasteiger partial charge < -0.3 is 20.1 Å². The largest absolute Gasteiger partial charge is 0.465 e. The molecule has 0 aliphatic carbocycles. The van der Waals surface area contributed by atoms with Crippen molar-refractivity contribution in [1.82, 2.24) is 19.5 Å². The van der Waals surface area contributed by atoms with Crippen molar-refractivity contribution in [1.29, 1.82) is 0 Å². The molecule has 0 aliphatic heterocycles. The highest BCUT2D eigenvalue weighted by Crippen LogP contribution is 2.21. The van der Waals surface area contributed by atoms with Crippen molar-refractivity contribution < 1.29 is 14.6 Å². The first-order valence-corrected chi connectivity index (χ1v) is 7.05. The van der Waals surface area contributed by atoms with Crippen LogP contribution in [0.3, 0.4) is 0 Å². The van der Waals surface area contributed by atoms with Gasteiger partial charge in [0.2, 0.25) is 0 Å². The first kappa shape index (κ1) is 16.2. The number of aliphatic hydroxyl groups is 1. The number of hydrogen-bond acceptors (Lipinski definition) is 7. The summed E-state index contributed by atoms with van der Waals surface area (Å²) in [5.41, 5.74) is 6.24. The van der Waals surface area contributed by atoms with Crippen molar-refractivity contribution in [2.75, 3.05) is 18.9 Å². The maximum absolute atomic E-state index is 11.7. The molecule has 0 aromatic carbocycles. The highest BCUT2D eigenvalue weighted by molar-refractivity contribution is 5.81. The van der Waals surface area contributed by atoms with Gasteiger partial charge in [-0.25, -0.2) is 15.0 Å². The van der Waals surface area contributed by atoms with Crippen LogP contribution in [0.25, 0.3) is 11.2 Å². The number of nitrogens with two attached hydrogens (primary N) is 1. The lowest BCUT2D eigenvalue weighted by Crippen LogP contribution is -2.24. The third kappa shape index (κ3) is 3.33. The number of nitrogen functional groups attached to an aromatic ring is 1. The molecule has 0 bridgehead atoms. The van der Waals surface area contributed by atoms with E-state index in [0.717, 1.165) is 0 Å². The summed E-state index contributed by atoms with van der Waals surface area (Å²) in [5, 5.41) is 9.59. The molecular weight excluding hydrogens is 286 g/mol. The molecule has 2 aromatic heterocycles. The Bertz CT molecular complexity index is 662. The summed E-state index contributed by atoms with van der Waals surface area (Å²) in [6.07, 6.45) is 3.36. The van der Waals surface area contributed by atoms with E-state index in [1.807, 2.05) is 0 Å². The van der Waals surface area contributed by atoms with Gasteiger partial charge in [0.1, 0.15) is 11.8 Å². The third-order valence-electron chi connectivity index (χ3n) is 3.29. The van der Waals surface area contributed by atoms with Gasteiger partial charge in [-0.15, -0.1) is 0 Å². The quantitative estimate of drug-likeness (QED) is 0.789. The Kier molecular flexibility index (Phi) is 4.60. The van der Waals surface area contributed by atoms with Crippen LogP contribution in [0.2, 0.25) is 0 Å². The number of fused-ring (bicyclic) bond motifs is 1. The van der Waals surface area contributed by atoms with E-state index in [9.17, 15) is 9.90 Å². The Hall–Kier alpha value is -2.22. The molecule has 0 saturated carbocycles. The second kappa shape index (κ2) is 6.27. The molecule has 8 heteroatoms. The molecule has 0 radical (unpaired) electrons. The van der Waals surface area contributed by atoms with Crippen LogP contribution in [-0.4, -0.2) is 43.8 Å². The van der Waals surface area contributed by atoms with E-state index in [4.69, 9.17) is 10.5 Å². The number of carbonyl (C=O) groups excluding carboxylic acids is 1. The van der Waals surface area contributed by atoms with Crippen LogP contribution in [0, 0.1) is 5.41 Å². The van der Waals surface area contributed by atoms with Crippen molar-refractivity contribution >= 4 is 23.0 Å². The highest BCUT2D eigenvalue weighted by atomic mass is 16.5. The molecular formula is C14H21N5O3. The summed E-state index contributed by atoms with van der Waals surface area (Å²) >= 11 is 0. The molecule has 0 spiro atoms. The minimum Gasteiger partial charge on any atom is -0.465 e. The number of aromatic nitrogens is 4. The van der Waals surface area contributed by atoms with Crippen LogP contribution >= 0.6 is 0 Å². The van der Waals surface area contributed by atoms with Crippen molar-refractivity contribution in [2.24, 2.45) is 5.41 Å². The van der Waals surface area contributed by atoms with E-state index in [0.29, 0.717) is 23.4 Å². The van der Waals surface area contributed by atoms with Crippen LogP contribution in [0.5, 0.6) is 0 Å². The summed E-state index contributed by atoms with van der Waals surface area (Å²) in [6, 6.07) is -0.299. The maximum atomic E-state index is 11.7. The Balaban J connectivity index is 2.08. The summed E-state index contributed by atoms with van der Waals surface area (Å²) in [7, 11) is 0. The molecule has 0 fully saturated rings. The second-order valence-corrected chi connectivity index (χ2v) is 6.09. The first-order valence-electron chi connectivity index (χ1n) is 7.05.